The van der Waals surface area contributed by atoms with Crippen LogP contribution in [0.25, 0.3) is 6.08 Å². The molecule has 26 heavy (non-hydrogen) atoms. The maximum Gasteiger partial charge on any atom is 0.246 e. The zero-order valence-electron chi connectivity index (χ0n) is 15.4. The number of amides is 1. The highest BCUT2D eigenvalue weighted by atomic mass is 32.2. The van der Waals surface area contributed by atoms with E-state index < -0.39 is 10.0 Å². The van der Waals surface area contributed by atoms with E-state index in [1.54, 1.807) is 18.1 Å². The Morgan fingerprint density at radius 3 is 2.58 bits per heavy atom. The second-order valence-electron chi connectivity index (χ2n) is 6.17. The fourth-order valence-corrected chi connectivity index (χ4v) is 3.70. The number of benzene rings is 1. The van der Waals surface area contributed by atoms with E-state index in [2.05, 4.69) is 4.72 Å². The number of hydrogen-bond acceptors (Lipinski definition) is 5. The molecular formula is C18H26N2O5S. The summed E-state index contributed by atoms with van der Waals surface area (Å²) < 4.78 is 35.9. The van der Waals surface area contributed by atoms with E-state index in [0.717, 1.165) is 11.8 Å². The molecule has 144 valence electrons. The Kier molecular flexibility index (Phi) is 7.05. The van der Waals surface area contributed by atoms with Crippen LogP contribution in [0.1, 0.15) is 25.3 Å². The molecule has 0 unspecified atom stereocenters. The molecule has 2 rings (SSSR count). The summed E-state index contributed by atoms with van der Waals surface area (Å²) in [6, 6.07) is 5.39. The van der Waals surface area contributed by atoms with E-state index in [-0.39, 0.29) is 11.9 Å². The average molecular weight is 382 g/mol. The van der Waals surface area contributed by atoms with Crippen molar-refractivity contribution in [2.24, 2.45) is 0 Å². The van der Waals surface area contributed by atoms with Gasteiger partial charge in [0.05, 0.1) is 20.0 Å². The first-order chi connectivity index (χ1) is 12.3. The Morgan fingerprint density at radius 2 is 2.00 bits per heavy atom. The largest absolute Gasteiger partial charge is 0.493 e. The lowest BCUT2D eigenvalue weighted by Gasteiger charge is -2.31. The highest BCUT2D eigenvalue weighted by Crippen LogP contribution is 2.28. The van der Waals surface area contributed by atoms with Crippen LogP contribution in [0.2, 0.25) is 0 Å². The lowest BCUT2D eigenvalue weighted by atomic mass is 10.1. The number of methoxy groups -OCH3 is 1. The summed E-state index contributed by atoms with van der Waals surface area (Å²) in [5, 5.41) is 0. The first-order valence-corrected chi connectivity index (χ1v) is 10.5. The molecule has 1 heterocycles. The van der Waals surface area contributed by atoms with Crippen LogP contribution in [0.4, 0.5) is 0 Å². The van der Waals surface area contributed by atoms with E-state index >= 15 is 0 Å². The van der Waals surface area contributed by atoms with Crippen LogP contribution in [-0.4, -0.2) is 58.3 Å². The number of nitrogens with one attached hydrogen (secondary N) is 1. The Labute approximate surface area is 155 Å². The van der Waals surface area contributed by atoms with E-state index in [1.165, 1.54) is 6.08 Å². The molecule has 1 aliphatic heterocycles. The first kappa shape index (κ1) is 20.3. The van der Waals surface area contributed by atoms with E-state index in [4.69, 9.17) is 9.47 Å². The number of ether oxygens (including phenoxy) is 2. The Bertz CT molecular complexity index is 753. The fraction of sp³-hybridized carbons (Fsp3) is 0.500. The quantitative estimate of drug-likeness (QED) is 0.725. The van der Waals surface area contributed by atoms with Crippen LogP contribution >= 0.6 is 0 Å². The number of carbonyl (C=O) groups is 1. The van der Waals surface area contributed by atoms with Crippen LogP contribution in [-0.2, 0) is 14.8 Å². The minimum atomic E-state index is -3.21. The third-order valence-corrected chi connectivity index (χ3v) is 4.85. The standard InChI is InChI=1S/C18H26N2O5S/c1-4-25-16-7-5-14(13-17(16)24-2)6-8-18(21)20-11-9-15(10-12-20)19-26(3,22)23/h5-8,13,15,19H,4,9-12H2,1-3H3. The third-order valence-electron chi connectivity index (χ3n) is 4.09. The smallest absolute Gasteiger partial charge is 0.246 e. The second-order valence-corrected chi connectivity index (χ2v) is 7.95. The van der Waals surface area contributed by atoms with Gasteiger partial charge in [-0.1, -0.05) is 6.07 Å². The number of piperidine rings is 1. The monoisotopic (exact) mass is 382 g/mol. The Hall–Kier alpha value is -2.06. The van der Waals surface area contributed by atoms with Crippen molar-refractivity contribution < 1.29 is 22.7 Å². The summed E-state index contributed by atoms with van der Waals surface area (Å²) in [6.45, 7) is 3.51. The highest BCUT2D eigenvalue weighted by molar-refractivity contribution is 7.88. The van der Waals surface area contributed by atoms with Gasteiger partial charge in [0.25, 0.3) is 0 Å². The van der Waals surface area contributed by atoms with Gasteiger partial charge in [0, 0.05) is 25.2 Å². The average Bonchev–Trinajstić information content (AvgIpc) is 2.60. The van der Waals surface area contributed by atoms with Crippen molar-refractivity contribution in [3.05, 3.63) is 29.8 Å². The predicted molar refractivity (Wildman–Crippen MR) is 101 cm³/mol. The molecule has 7 nitrogen and oxygen atoms in total. The number of nitrogens with zero attached hydrogens (tertiary/aromatic N) is 1. The molecule has 0 bridgehead atoms. The van der Waals surface area contributed by atoms with Crippen molar-refractivity contribution >= 4 is 22.0 Å². The maximum absolute atomic E-state index is 12.3. The van der Waals surface area contributed by atoms with Crippen LogP contribution < -0.4 is 14.2 Å². The Morgan fingerprint density at radius 1 is 1.31 bits per heavy atom. The summed E-state index contributed by atoms with van der Waals surface area (Å²) in [7, 11) is -1.64. The molecule has 1 amide bonds. The minimum absolute atomic E-state index is 0.0874. The summed E-state index contributed by atoms with van der Waals surface area (Å²) in [5.41, 5.74) is 0.840. The third kappa shape index (κ3) is 6.03. The molecule has 8 heteroatoms. The van der Waals surface area contributed by atoms with Crippen molar-refractivity contribution in [2.45, 2.75) is 25.8 Å². The minimum Gasteiger partial charge on any atom is -0.493 e. The summed E-state index contributed by atoms with van der Waals surface area (Å²) >= 11 is 0. The lowest BCUT2D eigenvalue weighted by molar-refractivity contribution is -0.126. The topological polar surface area (TPSA) is 84.9 Å². The predicted octanol–water partition coefficient (Wildman–Crippen LogP) is 1.65. The molecule has 1 saturated heterocycles. The lowest BCUT2D eigenvalue weighted by Crippen LogP contribution is -2.45. The van der Waals surface area contributed by atoms with Gasteiger partial charge in [-0.2, -0.15) is 0 Å². The molecule has 0 aliphatic carbocycles. The molecule has 1 aliphatic rings. The van der Waals surface area contributed by atoms with Crippen LogP contribution in [0.5, 0.6) is 11.5 Å². The molecule has 0 aromatic heterocycles. The van der Waals surface area contributed by atoms with E-state index in [0.29, 0.717) is 44.0 Å². The number of sulfonamides is 1. The van der Waals surface area contributed by atoms with Gasteiger partial charge < -0.3 is 14.4 Å². The maximum atomic E-state index is 12.3. The normalized spacial score (nSPS) is 16.0. The summed E-state index contributed by atoms with van der Waals surface area (Å²) in [6.07, 6.45) is 5.65. The zero-order valence-corrected chi connectivity index (χ0v) is 16.2. The number of hydrogen-bond donors (Lipinski definition) is 1. The molecule has 1 aromatic rings. The van der Waals surface area contributed by atoms with Gasteiger partial charge in [-0.3, -0.25) is 4.79 Å². The van der Waals surface area contributed by atoms with Crippen LogP contribution in [0.15, 0.2) is 24.3 Å². The van der Waals surface area contributed by atoms with Gasteiger partial charge in [0.2, 0.25) is 15.9 Å². The van der Waals surface area contributed by atoms with Gasteiger partial charge in [-0.05, 0) is 43.5 Å². The molecule has 0 radical (unpaired) electrons. The number of rotatable bonds is 7. The highest BCUT2D eigenvalue weighted by Gasteiger charge is 2.23. The molecule has 1 N–H and O–H groups in total. The van der Waals surface area contributed by atoms with Crippen molar-refractivity contribution in [2.75, 3.05) is 33.1 Å². The second kappa shape index (κ2) is 9.05. The van der Waals surface area contributed by atoms with Gasteiger partial charge >= 0.3 is 0 Å². The summed E-state index contributed by atoms with van der Waals surface area (Å²) in [5.74, 6) is 1.20. The molecule has 1 aromatic carbocycles. The summed E-state index contributed by atoms with van der Waals surface area (Å²) in [4.78, 5) is 14.1. The number of likely N-dealkylation sites (tertiary alicyclic amines) is 1. The first-order valence-electron chi connectivity index (χ1n) is 8.57. The molecule has 0 saturated carbocycles. The van der Waals surface area contributed by atoms with Crippen molar-refractivity contribution in [1.82, 2.24) is 9.62 Å². The van der Waals surface area contributed by atoms with Gasteiger partial charge in [-0.25, -0.2) is 13.1 Å². The van der Waals surface area contributed by atoms with Crippen LogP contribution in [0, 0.1) is 0 Å². The fourth-order valence-electron chi connectivity index (χ4n) is 2.86. The molecular weight excluding hydrogens is 356 g/mol. The van der Waals surface area contributed by atoms with Gasteiger partial charge in [0.15, 0.2) is 11.5 Å². The molecule has 0 spiro atoms. The van der Waals surface area contributed by atoms with Crippen molar-refractivity contribution in [3.63, 3.8) is 0 Å². The van der Waals surface area contributed by atoms with E-state index in [1.807, 2.05) is 25.1 Å². The van der Waals surface area contributed by atoms with Crippen LogP contribution in [0.3, 0.4) is 0 Å². The SMILES string of the molecule is CCOc1ccc(C=CC(=O)N2CCC(NS(C)(=O)=O)CC2)cc1OC. The van der Waals surface area contributed by atoms with Gasteiger partial charge in [0.1, 0.15) is 0 Å². The van der Waals surface area contributed by atoms with Gasteiger partial charge in [-0.15, -0.1) is 0 Å². The molecule has 1 fully saturated rings. The Balaban J connectivity index is 1.93. The molecule has 0 atom stereocenters. The number of carbonyl (C=O) groups excluding carboxylic acids is 1. The van der Waals surface area contributed by atoms with E-state index in [9.17, 15) is 13.2 Å². The van der Waals surface area contributed by atoms with Crippen molar-refractivity contribution in [1.29, 1.82) is 0 Å². The van der Waals surface area contributed by atoms with Crippen molar-refractivity contribution in [3.8, 4) is 11.5 Å². The zero-order chi connectivity index (χ0) is 19.2.